The van der Waals surface area contributed by atoms with E-state index in [0.29, 0.717) is 0 Å². The van der Waals surface area contributed by atoms with E-state index in [1.165, 1.54) is 24.2 Å². The van der Waals surface area contributed by atoms with Crippen molar-refractivity contribution in [3.63, 3.8) is 0 Å². The lowest BCUT2D eigenvalue weighted by atomic mass is 9.62. The van der Waals surface area contributed by atoms with Crippen molar-refractivity contribution in [1.82, 2.24) is 0 Å². The SMILES string of the molecule is CCC(C)C1C2C3C14CC234. The smallest absolute Gasteiger partial charge is 0.0158 e. The quantitative estimate of drug-likeness (QED) is 0.543. The van der Waals surface area contributed by atoms with Gasteiger partial charge in [-0.1, -0.05) is 20.3 Å². The lowest BCUT2D eigenvalue weighted by Gasteiger charge is -2.42. The Kier molecular flexibility index (Phi) is 0.408. The maximum atomic E-state index is 2.46. The third-order valence-electron chi connectivity index (χ3n) is 5.44. The van der Waals surface area contributed by atoms with Crippen LogP contribution < -0.4 is 0 Å². The lowest BCUT2D eigenvalue weighted by molar-refractivity contribution is 0.0445. The van der Waals surface area contributed by atoms with Crippen LogP contribution >= 0.6 is 0 Å². The average molecular weight is 134 g/mol. The summed E-state index contributed by atoms with van der Waals surface area (Å²) in [5.74, 6) is 4.84. The summed E-state index contributed by atoms with van der Waals surface area (Å²) < 4.78 is 0. The zero-order valence-electron chi connectivity index (χ0n) is 6.72. The van der Waals surface area contributed by atoms with Gasteiger partial charge in [-0.3, -0.25) is 0 Å². The second-order valence-electron chi connectivity index (χ2n) is 5.17. The van der Waals surface area contributed by atoms with Gasteiger partial charge in [0.1, 0.15) is 0 Å². The van der Waals surface area contributed by atoms with Crippen molar-refractivity contribution in [3.8, 4) is 0 Å². The van der Waals surface area contributed by atoms with Crippen LogP contribution in [0.15, 0.2) is 0 Å². The van der Waals surface area contributed by atoms with Gasteiger partial charge in [-0.25, -0.2) is 0 Å². The van der Waals surface area contributed by atoms with Gasteiger partial charge in [0, 0.05) is 0 Å². The minimum atomic E-state index is 1.03. The molecule has 0 aliphatic heterocycles. The summed E-state index contributed by atoms with van der Waals surface area (Å²) >= 11 is 0. The first-order chi connectivity index (χ1) is 4.80. The summed E-state index contributed by atoms with van der Waals surface area (Å²) in [6, 6.07) is 0. The molecule has 2 bridgehead atoms. The fourth-order valence-corrected chi connectivity index (χ4v) is 4.72. The van der Waals surface area contributed by atoms with Crippen LogP contribution in [0.25, 0.3) is 0 Å². The maximum Gasteiger partial charge on any atom is -0.0158 e. The predicted octanol–water partition coefficient (Wildman–Crippen LogP) is 2.30. The van der Waals surface area contributed by atoms with E-state index in [2.05, 4.69) is 13.8 Å². The highest BCUT2D eigenvalue weighted by Gasteiger charge is 3.18. The van der Waals surface area contributed by atoms with E-state index in [4.69, 9.17) is 0 Å². The van der Waals surface area contributed by atoms with E-state index in [1.807, 2.05) is 0 Å². The number of hydrogen-bond donors (Lipinski definition) is 0. The van der Waals surface area contributed by atoms with Crippen molar-refractivity contribution in [2.75, 3.05) is 0 Å². The van der Waals surface area contributed by atoms with Crippen LogP contribution in [-0.2, 0) is 0 Å². The first kappa shape index (κ1) is 4.79. The fraction of sp³-hybridized carbons (Fsp3) is 1.00. The highest BCUT2D eigenvalue weighted by Crippen LogP contribution is 3.22. The summed E-state index contributed by atoms with van der Waals surface area (Å²) in [6.45, 7) is 4.81. The molecule has 0 aromatic carbocycles. The van der Waals surface area contributed by atoms with E-state index >= 15 is 0 Å². The third-order valence-corrected chi connectivity index (χ3v) is 5.44. The van der Waals surface area contributed by atoms with Gasteiger partial charge in [-0.05, 0) is 40.9 Å². The summed E-state index contributed by atoms with van der Waals surface area (Å²) in [7, 11) is 0. The van der Waals surface area contributed by atoms with Gasteiger partial charge in [-0.2, -0.15) is 0 Å². The summed E-state index contributed by atoms with van der Waals surface area (Å²) in [5, 5.41) is 0. The largest absolute Gasteiger partial charge is 0.0651 e. The monoisotopic (exact) mass is 134 g/mol. The average Bonchev–Trinajstić information content (AvgIpc) is 2.73. The molecular weight excluding hydrogens is 120 g/mol. The zero-order valence-corrected chi connectivity index (χ0v) is 6.72. The Morgan fingerprint density at radius 2 is 2.20 bits per heavy atom. The maximum absolute atomic E-state index is 2.46. The summed E-state index contributed by atoms with van der Waals surface area (Å²) in [6.07, 6.45) is 3.08. The van der Waals surface area contributed by atoms with Crippen molar-refractivity contribution >= 4 is 0 Å². The van der Waals surface area contributed by atoms with Gasteiger partial charge < -0.3 is 0 Å². The lowest BCUT2D eigenvalue weighted by Crippen LogP contribution is -2.38. The van der Waals surface area contributed by atoms with Crippen LogP contribution in [0.4, 0.5) is 0 Å². The molecular formula is C10H14. The fourth-order valence-electron chi connectivity index (χ4n) is 4.72. The van der Waals surface area contributed by atoms with Gasteiger partial charge in [0.15, 0.2) is 0 Å². The van der Waals surface area contributed by atoms with Crippen LogP contribution in [-0.4, -0.2) is 0 Å². The minimum absolute atomic E-state index is 1.03. The van der Waals surface area contributed by atoms with Crippen molar-refractivity contribution in [3.05, 3.63) is 0 Å². The standard InChI is InChI=1S/C10H14/c1-3-5(2)6-7-8-9(6)4-10(7,8)9/h5-8H,3-4H2,1-2H3. The van der Waals surface area contributed by atoms with E-state index in [1.54, 1.807) is 6.42 Å². The molecule has 0 N–H and O–H groups in total. The zero-order chi connectivity index (χ0) is 6.72. The molecule has 10 heavy (non-hydrogen) atoms. The van der Waals surface area contributed by atoms with Crippen molar-refractivity contribution in [1.29, 1.82) is 0 Å². The predicted molar refractivity (Wildman–Crippen MR) is 39.4 cm³/mol. The molecule has 5 saturated carbocycles. The summed E-state index contributed by atoms with van der Waals surface area (Å²) in [5.41, 5.74) is 2.11. The molecule has 0 amide bonds. The van der Waals surface area contributed by atoms with Crippen LogP contribution in [0, 0.1) is 34.5 Å². The van der Waals surface area contributed by atoms with Gasteiger partial charge in [0.2, 0.25) is 0 Å². The van der Waals surface area contributed by atoms with Gasteiger partial charge in [0.25, 0.3) is 0 Å². The molecule has 0 aromatic heterocycles. The number of hydrogen-bond acceptors (Lipinski definition) is 0. The van der Waals surface area contributed by atoms with E-state index in [0.717, 1.165) is 16.7 Å². The van der Waals surface area contributed by atoms with E-state index in [-0.39, 0.29) is 0 Å². The van der Waals surface area contributed by atoms with Crippen LogP contribution in [0.3, 0.4) is 0 Å². The molecule has 6 atom stereocenters. The Morgan fingerprint density at radius 3 is 2.50 bits per heavy atom. The Labute approximate surface area is 62.0 Å². The molecule has 2 spiro atoms. The van der Waals surface area contributed by atoms with Gasteiger partial charge in [0.05, 0.1) is 0 Å². The van der Waals surface area contributed by atoms with Crippen LogP contribution in [0.1, 0.15) is 26.7 Å². The van der Waals surface area contributed by atoms with Crippen molar-refractivity contribution in [2.24, 2.45) is 34.5 Å². The molecule has 5 fully saturated rings. The van der Waals surface area contributed by atoms with E-state index in [9.17, 15) is 0 Å². The molecule has 0 heterocycles. The Morgan fingerprint density at radius 1 is 1.50 bits per heavy atom. The number of rotatable bonds is 2. The van der Waals surface area contributed by atoms with Gasteiger partial charge in [-0.15, -0.1) is 0 Å². The van der Waals surface area contributed by atoms with Crippen molar-refractivity contribution in [2.45, 2.75) is 26.7 Å². The van der Waals surface area contributed by atoms with E-state index < -0.39 is 0 Å². The third kappa shape index (κ3) is 0.177. The molecule has 0 nitrogen and oxygen atoms in total. The molecule has 0 aromatic rings. The van der Waals surface area contributed by atoms with Crippen LogP contribution in [0.2, 0.25) is 0 Å². The molecule has 5 rings (SSSR count). The van der Waals surface area contributed by atoms with Gasteiger partial charge >= 0.3 is 0 Å². The second-order valence-corrected chi connectivity index (χ2v) is 5.17. The highest BCUT2D eigenvalue weighted by atomic mass is 15.2. The molecule has 5 aliphatic rings. The van der Waals surface area contributed by atoms with Crippen LogP contribution in [0.5, 0.6) is 0 Å². The first-order valence-electron chi connectivity index (χ1n) is 4.80. The van der Waals surface area contributed by atoms with Crippen molar-refractivity contribution < 1.29 is 0 Å². The normalized spacial score (nSPS) is 80.4. The molecule has 54 valence electrons. The minimum Gasteiger partial charge on any atom is -0.0651 e. The molecule has 5 aliphatic carbocycles. The molecule has 0 radical (unpaired) electrons. The molecule has 0 heteroatoms. The molecule has 0 saturated heterocycles. The topological polar surface area (TPSA) is 0 Å². The molecule has 6 unspecified atom stereocenters. The Hall–Kier alpha value is 0. The highest BCUT2D eigenvalue weighted by molar-refractivity contribution is 5.64. The second kappa shape index (κ2) is 0.852. The Balaban J connectivity index is 1.66. The summed E-state index contributed by atoms with van der Waals surface area (Å²) in [4.78, 5) is 0. The Bertz CT molecular complexity index is 244. The first-order valence-corrected chi connectivity index (χ1v) is 4.80.